The van der Waals surface area contributed by atoms with Crippen LogP contribution in [0.4, 0.5) is 5.69 Å². The molecule has 1 fully saturated rings. The Bertz CT molecular complexity index is 1380. The van der Waals surface area contributed by atoms with E-state index >= 15 is 0 Å². The first-order valence-corrected chi connectivity index (χ1v) is 11.9. The first-order chi connectivity index (χ1) is 16.6. The van der Waals surface area contributed by atoms with E-state index in [1.54, 1.807) is 0 Å². The normalized spacial score (nSPS) is 15.4. The van der Waals surface area contributed by atoms with Crippen LogP contribution in [0.1, 0.15) is 24.0 Å². The molecule has 34 heavy (non-hydrogen) atoms. The number of imidazole rings is 1. The van der Waals surface area contributed by atoms with E-state index in [1.807, 2.05) is 30.5 Å². The minimum atomic E-state index is 0.675. The van der Waals surface area contributed by atoms with Gasteiger partial charge in [0.05, 0.1) is 23.0 Å². The van der Waals surface area contributed by atoms with Crippen LogP contribution >= 0.6 is 0 Å². The number of fused-ring (bicyclic) bond motifs is 5. The molecule has 0 radical (unpaired) electrons. The van der Waals surface area contributed by atoms with E-state index < -0.39 is 0 Å². The van der Waals surface area contributed by atoms with Gasteiger partial charge in [0.2, 0.25) is 0 Å². The van der Waals surface area contributed by atoms with Crippen LogP contribution in [-0.4, -0.2) is 52.2 Å². The Kier molecular flexibility index (Phi) is 5.00. The van der Waals surface area contributed by atoms with E-state index in [0.29, 0.717) is 11.6 Å². The van der Waals surface area contributed by atoms with Crippen LogP contribution in [0, 0.1) is 11.3 Å². The minimum Gasteiger partial charge on any atom is -0.371 e. The summed E-state index contributed by atoms with van der Waals surface area (Å²) in [5, 5.41) is 9.12. The zero-order valence-corrected chi connectivity index (χ0v) is 19.6. The van der Waals surface area contributed by atoms with E-state index in [-0.39, 0.29) is 0 Å². The Morgan fingerprint density at radius 1 is 1.00 bits per heavy atom. The average molecular weight is 449 g/mol. The Morgan fingerprint density at radius 3 is 2.53 bits per heavy atom. The van der Waals surface area contributed by atoms with Gasteiger partial charge in [-0.05, 0) is 74.5 Å². The molecule has 170 valence electrons. The molecule has 2 aromatic carbocycles. The number of nitrogens with zero attached hydrogens (tertiary/aromatic N) is 6. The third-order valence-corrected chi connectivity index (χ3v) is 7.34. The lowest BCUT2D eigenvalue weighted by molar-refractivity contribution is 0.249. The number of hydrogen-bond acceptors (Lipinski definition) is 4. The maximum absolute atomic E-state index is 9.12. The van der Waals surface area contributed by atoms with E-state index in [0.717, 1.165) is 42.3 Å². The summed E-state index contributed by atoms with van der Waals surface area (Å²) in [5.74, 6) is 0.957. The number of rotatable bonds is 3. The van der Waals surface area contributed by atoms with Crippen molar-refractivity contribution in [1.29, 1.82) is 5.26 Å². The fraction of sp³-hybridized carbons (Fsp3) is 0.286. The van der Waals surface area contributed by atoms with Gasteiger partial charge in [0.15, 0.2) is 5.82 Å². The lowest BCUT2D eigenvalue weighted by Crippen LogP contribution is -2.42. The van der Waals surface area contributed by atoms with Crippen molar-refractivity contribution in [3.05, 3.63) is 78.2 Å². The van der Waals surface area contributed by atoms with Gasteiger partial charge in [-0.1, -0.05) is 12.1 Å². The summed E-state index contributed by atoms with van der Waals surface area (Å²) in [7, 11) is 4.37. The first-order valence-electron chi connectivity index (χ1n) is 11.9. The number of aromatic nitrogens is 3. The van der Waals surface area contributed by atoms with Gasteiger partial charge in [0.25, 0.3) is 0 Å². The van der Waals surface area contributed by atoms with Gasteiger partial charge in [-0.25, -0.2) is 4.98 Å². The molecule has 4 aromatic rings. The molecule has 0 aliphatic carbocycles. The highest BCUT2D eigenvalue weighted by Gasteiger charge is 2.24. The quantitative estimate of drug-likeness (QED) is 0.399. The molecule has 0 spiro atoms. The molecule has 0 amide bonds. The smallest absolute Gasteiger partial charge is 0.161 e. The molecular weight excluding hydrogens is 420 g/mol. The van der Waals surface area contributed by atoms with Crippen molar-refractivity contribution >= 4 is 5.69 Å². The van der Waals surface area contributed by atoms with Crippen LogP contribution in [-0.2, 0) is 6.54 Å². The summed E-state index contributed by atoms with van der Waals surface area (Å²) in [5.41, 5.74) is 7.83. The molecule has 4 heterocycles. The Labute approximate surface area is 200 Å². The van der Waals surface area contributed by atoms with Gasteiger partial charge < -0.3 is 14.4 Å². The predicted octanol–water partition coefficient (Wildman–Crippen LogP) is 4.77. The highest BCUT2D eigenvalue weighted by atomic mass is 15.2. The number of anilines is 1. The van der Waals surface area contributed by atoms with Crippen molar-refractivity contribution < 1.29 is 0 Å². The number of hydrogen-bond donors (Lipinski definition) is 0. The second kappa shape index (κ2) is 8.19. The highest BCUT2D eigenvalue weighted by molar-refractivity contribution is 5.72. The molecule has 0 saturated carbocycles. The predicted molar refractivity (Wildman–Crippen MR) is 135 cm³/mol. The third-order valence-electron chi connectivity index (χ3n) is 7.34. The fourth-order valence-electron chi connectivity index (χ4n) is 5.37. The SMILES string of the molecule is CN(C)C1CCN(c2ccc3c(c2)Cn2cc(-c4ccc(C#N)cc4)cc2-c2nccn2-3)CC1. The summed E-state index contributed by atoms with van der Waals surface area (Å²) >= 11 is 0. The van der Waals surface area contributed by atoms with E-state index in [2.05, 4.69) is 75.8 Å². The minimum absolute atomic E-state index is 0.675. The van der Waals surface area contributed by atoms with Gasteiger partial charge in [-0.3, -0.25) is 4.57 Å². The van der Waals surface area contributed by atoms with Gasteiger partial charge in [-0.15, -0.1) is 0 Å². The Morgan fingerprint density at radius 2 is 1.79 bits per heavy atom. The van der Waals surface area contributed by atoms with Gasteiger partial charge in [-0.2, -0.15) is 5.26 Å². The van der Waals surface area contributed by atoms with Crippen LogP contribution in [0.5, 0.6) is 0 Å². The number of piperidine rings is 1. The van der Waals surface area contributed by atoms with Gasteiger partial charge in [0.1, 0.15) is 0 Å². The molecule has 2 aliphatic rings. The topological polar surface area (TPSA) is 53.0 Å². The standard InChI is InChI=1S/C28H28N6/c1-31(2)24-9-12-32(13-10-24)25-7-8-26-23(15-25)19-33-18-22(21-5-3-20(17-29)4-6-21)16-27(33)28-30-11-14-34(26)28/h3-8,11,14-16,18,24H,9-10,12-13,19H2,1-2H3. The first kappa shape index (κ1) is 20.8. The molecule has 6 nitrogen and oxygen atoms in total. The largest absolute Gasteiger partial charge is 0.371 e. The number of benzene rings is 2. The lowest BCUT2D eigenvalue weighted by Gasteiger charge is -2.36. The molecular formula is C28H28N6. The zero-order valence-electron chi connectivity index (χ0n) is 19.6. The van der Waals surface area contributed by atoms with Crippen LogP contribution in [0.3, 0.4) is 0 Å². The van der Waals surface area contributed by atoms with Crippen LogP contribution < -0.4 is 4.90 Å². The summed E-state index contributed by atoms with van der Waals surface area (Å²) in [6.45, 7) is 2.98. The van der Waals surface area contributed by atoms with Crippen LogP contribution in [0.25, 0.3) is 28.3 Å². The second-order valence-corrected chi connectivity index (χ2v) is 9.55. The van der Waals surface area contributed by atoms with Gasteiger partial charge in [0, 0.05) is 55.5 Å². The molecule has 6 heteroatoms. The fourth-order valence-corrected chi connectivity index (χ4v) is 5.37. The molecule has 0 unspecified atom stereocenters. The maximum atomic E-state index is 9.12. The molecule has 2 aromatic heterocycles. The second-order valence-electron chi connectivity index (χ2n) is 9.55. The van der Waals surface area contributed by atoms with Gasteiger partial charge >= 0.3 is 0 Å². The zero-order chi connectivity index (χ0) is 23.2. The monoisotopic (exact) mass is 448 g/mol. The number of nitriles is 1. The Hall–Kier alpha value is -3.82. The van der Waals surface area contributed by atoms with Crippen LogP contribution in [0.15, 0.2) is 67.1 Å². The molecule has 6 rings (SSSR count). The van der Waals surface area contributed by atoms with Crippen molar-refractivity contribution in [1.82, 2.24) is 19.0 Å². The third kappa shape index (κ3) is 3.49. The Balaban J connectivity index is 1.36. The summed E-state index contributed by atoms with van der Waals surface area (Å²) < 4.78 is 4.51. The average Bonchev–Trinajstić information content (AvgIpc) is 3.49. The summed E-state index contributed by atoms with van der Waals surface area (Å²) in [6.07, 6.45) is 8.54. The molecule has 2 aliphatic heterocycles. The van der Waals surface area contributed by atoms with Crippen molar-refractivity contribution in [2.75, 3.05) is 32.1 Å². The van der Waals surface area contributed by atoms with E-state index in [9.17, 15) is 0 Å². The highest BCUT2D eigenvalue weighted by Crippen LogP contribution is 2.35. The maximum Gasteiger partial charge on any atom is 0.161 e. The lowest BCUT2D eigenvalue weighted by atomic mass is 10.0. The summed E-state index contributed by atoms with van der Waals surface area (Å²) in [6, 6.07) is 19.7. The van der Waals surface area contributed by atoms with E-state index in [1.165, 1.54) is 29.8 Å². The van der Waals surface area contributed by atoms with Crippen LogP contribution in [0.2, 0.25) is 0 Å². The van der Waals surface area contributed by atoms with Crippen molar-refractivity contribution in [3.63, 3.8) is 0 Å². The molecule has 0 bridgehead atoms. The van der Waals surface area contributed by atoms with Crippen molar-refractivity contribution in [3.8, 4) is 34.4 Å². The summed E-state index contributed by atoms with van der Waals surface area (Å²) in [4.78, 5) is 9.59. The van der Waals surface area contributed by atoms with Crippen molar-refractivity contribution in [2.45, 2.75) is 25.4 Å². The van der Waals surface area contributed by atoms with Crippen molar-refractivity contribution in [2.24, 2.45) is 0 Å². The molecule has 1 saturated heterocycles. The molecule has 0 N–H and O–H groups in total. The molecule has 0 atom stereocenters. The van der Waals surface area contributed by atoms with E-state index in [4.69, 9.17) is 10.2 Å².